The lowest BCUT2D eigenvalue weighted by atomic mass is 9.77. The molecule has 1 aromatic carbocycles. The van der Waals surface area contributed by atoms with Gasteiger partial charge in [0.25, 0.3) is 0 Å². The molecule has 0 radical (unpaired) electrons. The van der Waals surface area contributed by atoms with Gasteiger partial charge in [-0.15, -0.1) is 0 Å². The van der Waals surface area contributed by atoms with Crippen LogP contribution in [0.3, 0.4) is 0 Å². The van der Waals surface area contributed by atoms with Crippen LogP contribution >= 0.6 is 0 Å². The third-order valence-corrected chi connectivity index (χ3v) is 9.54. The molecule has 4 heterocycles. The maximum Gasteiger partial charge on any atom is 0.163 e. The van der Waals surface area contributed by atoms with Crippen molar-refractivity contribution in [2.45, 2.75) is 102 Å². The van der Waals surface area contributed by atoms with Crippen molar-refractivity contribution >= 4 is 27.9 Å². The topological polar surface area (TPSA) is 116 Å². The smallest absolute Gasteiger partial charge is 0.163 e. The number of aromatic nitrogens is 5. The first-order chi connectivity index (χ1) is 19.5. The number of aryl methyl sites for hydroxylation is 1. The van der Waals surface area contributed by atoms with E-state index in [0.29, 0.717) is 17.8 Å². The van der Waals surface area contributed by atoms with Gasteiger partial charge in [-0.05, 0) is 74.6 Å². The number of nitrogens with two attached hydrogens (primary N) is 1. The number of fused-ring (bicyclic) bond motifs is 3. The number of nitrogen functional groups attached to an aromatic ring is 1. The Bertz CT molecular complexity index is 1560. The van der Waals surface area contributed by atoms with Gasteiger partial charge < -0.3 is 30.1 Å². The Morgan fingerprint density at radius 1 is 1.10 bits per heavy atom. The van der Waals surface area contributed by atoms with Crippen molar-refractivity contribution in [2.75, 3.05) is 12.3 Å². The summed E-state index contributed by atoms with van der Waals surface area (Å²) in [5.41, 5.74) is 10.7. The number of hydrogen-bond acceptors (Lipinski definition) is 7. The quantitative estimate of drug-likeness (QED) is 0.283. The molecule has 0 amide bonds. The summed E-state index contributed by atoms with van der Waals surface area (Å²) in [5.74, 6) is 2.15. The van der Waals surface area contributed by atoms with Gasteiger partial charge in [0, 0.05) is 31.1 Å². The molecule has 7 rings (SSSR count). The molecule has 3 fully saturated rings. The minimum atomic E-state index is -0.588. The fraction of sp³-hybridized carbons (Fsp3) is 0.594. The molecule has 4 atom stereocenters. The van der Waals surface area contributed by atoms with Gasteiger partial charge in [-0.1, -0.05) is 26.8 Å². The van der Waals surface area contributed by atoms with Crippen LogP contribution in [0.5, 0.6) is 0 Å². The number of imidazole rings is 1. The van der Waals surface area contributed by atoms with E-state index in [4.69, 9.17) is 20.2 Å². The van der Waals surface area contributed by atoms with Crippen LogP contribution in [0, 0.1) is 11.8 Å². The Kier molecular flexibility index (Phi) is 6.41. The van der Waals surface area contributed by atoms with Gasteiger partial charge in [0.15, 0.2) is 5.79 Å². The second kappa shape index (κ2) is 9.78. The number of anilines is 1. The Balaban J connectivity index is 0.941. The number of H-pyrrole nitrogens is 1. The highest BCUT2D eigenvalue weighted by Gasteiger charge is 2.54. The van der Waals surface area contributed by atoms with Crippen molar-refractivity contribution in [3.63, 3.8) is 0 Å². The van der Waals surface area contributed by atoms with Gasteiger partial charge in [0.2, 0.25) is 0 Å². The highest BCUT2D eigenvalue weighted by Crippen LogP contribution is 2.48. The molecule has 9 nitrogen and oxygen atoms in total. The molecule has 3 aliphatic rings. The van der Waals surface area contributed by atoms with Crippen LogP contribution in [0.1, 0.15) is 77.7 Å². The Labute approximate surface area is 241 Å². The lowest BCUT2D eigenvalue weighted by Crippen LogP contribution is -2.44. The molecule has 0 unspecified atom stereocenters. The molecule has 3 aromatic heterocycles. The Morgan fingerprint density at radius 3 is 2.71 bits per heavy atom. The average molecular weight is 558 g/mol. The van der Waals surface area contributed by atoms with Gasteiger partial charge in [-0.2, -0.15) is 0 Å². The number of nitrogens with zero attached hydrogens (tertiary/aromatic N) is 4. The van der Waals surface area contributed by atoms with Gasteiger partial charge in [0.1, 0.15) is 29.7 Å². The molecule has 4 N–H and O–H groups in total. The molecule has 4 aromatic rings. The predicted octanol–water partition coefficient (Wildman–Crippen LogP) is 5.27. The average Bonchev–Trinajstić information content (AvgIpc) is 3.63. The van der Waals surface area contributed by atoms with Crippen molar-refractivity contribution in [1.82, 2.24) is 29.8 Å². The maximum atomic E-state index is 6.45. The second-order valence-electron chi connectivity index (χ2n) is 14.0. The van der Waals surface area contributed by atoms with Crippen LogP contribution in [0.2, 0.25) is 0 Å². The fourth-order valence-corrected chi connectivity index (χ4v) is 7.23. The monoisotopic (exact) mass is 557 g/mol. The zero-order chi connectivity index (χ0) is 28.5. The number of nitrogens with one attached hydrogen (secondary N) is 2. The summed E-state index contributed by atoms with van der Waals surface area (Å²) in [7, 11) is 0. The summed E-state index contributed by atoms with van der Waals surface area (Å²) in [4.78, 5) is 17.1. The fourth-order valence-electron chi connectivity index (χ4n) is 7.23. The van der Waals surface area contributed by atoms with E-state index in [1.54, 1.807) is 6.33 Å². The molecule has 1 saturated heterocycles. The highest BCUT2D eigenvalue weighted by atomic mass is 16.8. The van der Waals surface area contributed by atoms with Gasteiger partial charge in [-0.25, -0.2) is 15.0 Å². The number of benzene rings is 1. The number of rotatable bonds is 7. The molecule has 0 spiro atoms. The molecular formula is C32H43N7O2. The predicted molar refractivity (Wildman–Crippen MR) is 161 cm³/mol. The number of ether oxygens (including phenoxy) is 2. The summed E-state index contributed by atoms with van der Waals surface area (Å²) in [6.07, 6.45) is 9.26. The van der Waals surface area contributed by atoms with Gasteiger partial charge in [0.05, 0.1) is 28.6 Å². The first-order valence-electron chi connectivity index (χ1n) is 15.2. The van der Waals surface area contributed by atoms with E-state index < -0.39 is 5.79 Å². The van der Waals surface area contributed by atoms with Gasteiger partial charge >= 0.3 is 0 Å². The minimum Gasteiger partial charge on any atom is -0.383 e. The molecule has 2 aliphatic carbocycles. The normalized spacial score (nSPS) is 29.3. The first-order valence-corrected chi connectivity index (χ1v) is 15.2. The summed E-state index contributed by atoms with van der Waals surface area (Å²) in [6.45, 7) is 11.7. The van der Waals surface area contributed by atoms with Crippen molar-refractivity contribution in [2.24, 2.45) is 11.8 Å². The zero-order valence-corrected chi connectivity index (χ0v) is 24.9. The SMILES string of the molecule is CC1(C)O[C@@H]2[C@@H](CNC3CC(CCc4nc5ccc(C(C)(C)C)cc5[nH]4)C3)C[C@@H](n3ccc4c(N)ncnc43)[C@@H]2O1. The molecular weight excluding hydrogens is 514 g/mol. The van der Waals surface area contributed by atoms with Crippen molar-refractivity contribution in [1.29, 1.82) is 0 Å². The maximum absolute atomic E-state index is 6.45. The minimum absolute atomic E-state index is 0.0129. The third-order valence-electron chi connectivity index (χ3n) is 9.54. The lowest BCUT2D eigenvalue weighted by molar-refractivity contribution is -0.160. The Hall–Kier alpha value is -3.01. The van der Waals surface area contributed by atoms with Crippen LogP contribution < -0.4 is 11.1 Å². The third kappa shape index (κ3) is 5.02. The molecule has 0 bridgehead atoms. The van der Waals surface area contributed by atoms with E-state index in [9.17, 15) is 0 Å². The first kappa shape index (κ1) is 26.9. The Morgan fingerprint density at radius 2 is 1.90 bits per heavy atom. The van der Waals surface area contributed by atoms with E-state index in [1.807, 2.05) is 19.9 Å². The van der Waals surface area contributed by atoms with Crippen LogP contribution in [0.25, 0.3) is 22.1 Å². The molecule has 218 valence electrons. The second-order valence-corrected chi connectivity index (χ2v) is 14.0. The van der Waals surface area contributed by atoms with Crippen LogP contribution in [-0.4, -0.2) is 55.1 Å². The lowest BCUT2D eigenvalue weighted by Gasteiger charge is -2.37. The standard InChI is InChI=1S/C32H43N7O2/c1-31(2,3)20-7-8-23-24(15-20)38-26(37-23)9-6-18-12-21(13-18)34-16-19-14-25(28-27(19)40-32(4,5)41-28)39-11-10-22-29(33)35-17-36-30(22)39/h7-8,10-11,15,17-19,21,25,27-28,34H,6,9,12-14,16H2,1-5H3,(H,37,38)(H2,33,35,36)/t18?,19-,21?,25-,27-,28+/m1/s1. The number of aromatic amines is 1. The van der Waals surface area contributed by atoms with Crippen molar-refractivity contribution in [3.8, 4) is 0 Å². The van der Waals surface area contributed by atoms with E-state index in [1.165, 1.54) is 24.8 Å². The van der Waals surface area contributed by atoms with E-state index >= 15 is 0 Å². The summed E-state index contributed by atoms with van der Waals surface area (Å²) in [5, 5.41) is 4.76. The van der Waals surface area contributed by atoms with Crippen molar-refractivity contribution in [3.05, 3.63) is 48.2 Å². The molecule has 41 heavy (non-hydrogen) atoms. The summed E-state index contributed by atoms with van der Waals surface area (Å²) in [6, 6.07) is 9.35. The van der Waals surface area contributed by atoms with Crippen LogP contribution in [0.4, 0.5) is 5.82 Å². The highest BCUT2D eigenvalue weighted by molar-refractivity contribution is 5.86. The van der Waals surface area contributed by atoms with Crippen molar-refractivity contribution < 1.29 is 9.47 Å². The molecule has 2 saturated carbocycles. The zero-order valence-electron chi connectivity index (χ0n) is 24.9. The van der Waals surface area contributed by atoms with Crippen LogP contribution in [-0.2, 0) is 21.3 Å². The summed E-state index contributed by atoms with van der Waals surface area (Å²) >= 11 is 0. The molecule has 1 aliphatic heterocycles. The largest absolute Gasteiger partial charge is 0.383 e. The van der Waals surface area contributed by atoms with E-state index in [-0.39, 0.29) is 23.7 Å². The van der Waals surface area contributed by atoms with Gasteiger partial charge in [-0.3, -0.25) is 0 Å². The number of hydrogen-bond donors (Lipinski definition) is 3. The van der Waals surface area contributed by atoms with E-state index in [2.05, 4.69) is 70.0 Å². The summed E-state index contributed by atoms with van der Waals surface area (Å²) < 4.78 is 15.1. The van der Waals surface area contributed by atoms with Crippen LogP contribution in [0.15, 0.2) is 36.8 Å². The molecule has 9 heteroatoms. The van der Waals surface area contributed by atoms with E-state index in [0.717, 1.165) is 53.2 Å².